The zero-order valence-corrected chi connectivity index (χ0v) is 15.3. The minimum Gasteiger partial charge on any atom is -0.481 e. The minimum absolute atomic E-state index is 0.0921. The van der Waals surface area contributed by atoms with Crippen LogP contribution in [0.3, 0.4) is 0 Å². The Morgan fingerprint density at radius 3 is 2.54 bits per heavy atom. The number of nitrogens with one attached hydrogen (secondary N) is 1. The van der Waals surface area contributed by atoms with Crippen LogP contribution in [0.1, 0.15) is 36.9 Å². The summed E-state index contributed by atoms with van der Waals surface area (Å²) in [6, 6.07) is 7.34. The monoisotopic (exact) mass is 359 g/mol. The second-order valence-electron chi connectivity index (χ2n) is 6.26. The molecule has 0 aliphatic heterocycles. The fourth-order valence-corrected chi connectivity index (χ4v) is 2.73. The molecule has 0 aliphatic carbocycles. The highest BCUT2D eigenvalue weighted by Crippen LogP contribution is 2.23. The first kappa shape index (κ1) is 19.4. The van der Waals surface area contributed by atoms with Gasteiger partial charge in [0.2, 0.25) is 0 Å². The number of carbonyl (C=O) groups is 2. The van der Waals surface area contributed by atoms with Gasteiger partial charge in [0.1, 0.15) is 12.7 Å². The third-order valence-electron chi connectivity index (χ3n) is 4.28. The van der Waals surface area contributed by atoms with Crippen molar-refractivity contribution >= 4 is 12.0 Å². The van der Waals surface area contributed by atoms with Crippen molar-refractivity contribution in [2.24, 2.45) is 0 Å². The highest BCUT2D eigenvalue weighted by molar-refractivity contribution is 5.75. The molecule has 2 aromatic rings. The van der Waals surface area contributed by atoms with Gasteiger partial charge in [-0.05, 0) is 18.9 Å². The lowest BCUT2D eigenvalue weighted by Gasteiger charge is -2.29. The molecular formula is C18H25N5O3. The summed E-state index contributed by atoms with van der Waals surface area (Å²) >= 11 is 0. The van der Waals surface area contributed by atoms with Crippen LogP contribution in [0.25, 0.3) is 0 Å². The summed E-state index contributed by atoms with van der Waals surface area (Å²) < 4.78 is 1.73. The van der Waals surface area contributed by atoms with Gasteiger partial charge in [-0.15, -0.1) is 0 Å². The smallest absolute Gasteiger partial charge is 0.317 e. The van der Waals surface area contributed by atoms with Gasteiger partial charge in [-0.3, -0.25) is 4.79 Å². The molecule has 0 fully saturated rings. The van der Waals surface area contributed by atoms with Crippen LogP contribution in [0.5, 0.6) is 0 Å². The first-order valence-electron chi connectivity index (χ1n) is 8.56. The van der Waals surface area contributed by atoms with E-state index < -0.39 is 5.97 Å². The third kappa shape index (κ3) is 5.05. The van der Waals surface area contributed by atoms with Gasteiger partial charge < -0.3 is 15.3 Å². The molecule has 1 heterocycles. The van der Waals surface area contributed by atoms with Crippen molar-refractivity contribution in [1.29, 1.82) is 0 Å². The van der Waals surface area contributed by atoms with Crippen molar-refractivity contribution in [3.8, 4) is 0 Å². The van der Waals surface area contributed by atoms with Crippen LogP contribution in [0.2, 0.25) is 0 Å². The summed E-state index contributed by atoms with van der Waals surface area (Å²) in [5, 5.41) is 16.0. The number of benzene rings is 1. The molecule has 2 atom stereocenters. The molecule has 26 heavy (non-hydrogen) atoms. The van der Waals surface area contributed by atoms with Crippen molar-refractivity contribution in [3.63, 3.8) is 0 Å². The number of hydrogen-bond donors (Lipinski definition) is 2. The van der Waals surface area contributed by atoms with E-state index in [1.807, 2.05) is 38.1 Å². The molecule has 0 spiro atoms. The van der Waals surface area contributed by atoms with Crippen LogP contribution in [0.15, 0.2) is 36.9 Å². The number of urea groups is 1. The number of aliphatic carboxylic acids is 1. The molecule has 0 aliphatic rings. The van der Waals surface area contributed by atoms with Crippen LogP contribution >= 0.6 is 0 Å². The van der Waals surface area contributed by atoms with Gasteiger partial charge in [0.05, 0.1) is 18.5 Å². The molecular weight excluding hydrogens is 334 g/mol. The highest BCUT2D eigenvalue weighted by Gasteiger charge is 2.27. The summed E-state index contributed by atoms with van der Waals surface area (Å²) in [5.41, 5.74) is 2.16. The zero-order chi connectivity index (χ0) is 19.1. The van der Waals surface area contributed by atoms with E-state index in [9.17, 15) is 9.59 Å². The van der Waals surface area contributed by atoms with Gasteiger partial charge in [-0.1, -0.05) is 36.8 Å². The van der Waals surface area contributed by atoms with Gasteiger partial charge in [-0.2, -0.15) is 5.10 Å². The van der Waals surface area contributed by atoms with E-state index in [0.29, 0.717) is 6.42 Å². The summed E-state index contributed by atoms with van der Waals surface area (Å²) in [7, 11) is 1.58. The van der Waals surface area contributed by atoms with E-state index in [1.165, 1.54) is 11.2 Å². The SMILES string of the molecule is CCC(NC(=O)N(C)CCC(=O)O)C(c1ccc(C)cc1)n1cncn1. The quantitative estimate of drug-likeness (QED) is 0.751. The van der Waals surface area contributed by atoms with Gasteiger partial charge >= 0.3 is 12.0 Å². The molecule has 0 saturated carbocycles. The van der Waals surface area contributed by atoms with E-state index in [-0.39, 0.29) is 31.1 Å². The Balaban J connectivity index is 2.20. The average Bonchev–Trinajstić information content (AvgIpc) is 3.14. The number of aryl methyl sites for hydroxylation is 1. The van der Waals surface area contributed by atoms with Crippen LogP contribution in [-0.4, -0.2) is 56.4 Å². The van der Waals surface area contributed by atoms with E-state index in [0.717, 1.165) is 11.1 Å². The molecule has 1 aromatic carbocycles. The molecule has 0 bridgehead atoms. The highest BCUT2D eigenvalue weighted by atomic mass is 16.4. The Morgan fingerprint density at radius 2 is 2.00 bits per heavy atom. The summed E-state index contributed by atoms with van der Waals surface area (Å²) in [6.07, 6.45) is 3.68. The summed E-state index contributed by atoms with van der Waals surface area (Å²) in [4.78, 5) is 28.6. The predicted octanol–water partition coefficient (Wildman–Crippen LogP) is 2.07. The molecule has 0 saturated heterocycles. The topological polar surface area (TPSA) is 100 Å². The van der Waals surface area contributed by atoms with Crippen molar-refractivity contribution in [1.82, 2.24) is 25.0 Å². The Morgan fingerprint density at radius 1 is 1.31 bits per heavy atom. The molecule has 0 radical (unpaired) electrons. The molecule has 140 valence electrons. The molecule has 2 amide bonds. The number of carboxylic acid groups (broad SMARTS) is 1. The second-order valence-corrected chi connectivity index (χ2v) is 6.26. The zero-order valence-electron chi connectivity index (χ0n) is 15.3. The van der Waals surface area contributed by atoms with Gasteiger partial charge in [0.15, 0.2) is 0 Å². The number of aromatic nitrogens is 3. The van der Waals surface area contributed by atoms with Crippen LogP contribution in [0.4, 0.5) is 4.79 Å². The lowest BCUT2D eigenvalue weighted by Crippen LogP contribution is -2.47. The number of rotatable bonds is 8. The molecule has 1 aromatic heterocycles. The van der Waals surface area contributed by atoms with E-state index in [4.69, 9.17) is 5.11 Å². The number of hydrogen-bond acceptors (Lipinski definition) is 4. The van der Waals surface area contributed by atoms with Crippen molar-refractivity contribution in [2.75, 3.05) is 13.6 Å². The molecule has 2 rings (SSSR count). The van der Waals surface area contributed by atoms with Crippen molar-refractivity contribution in [3.05, 3.63) is 48.0 Å². The fourth-order valence-electron chi connectivity index (χ4n) is 2.73. The maximum absolute atomic E-state index is 12.5. The standard InChI is InChI=1S/C18H25N5O3/c1-4-15(21-18(26)22(3)10-9-16(24)25)17(23-12-19-11-20-23)14-7-5-13(2)6-8-14/h5-8,11-12,15,17H,4,9-10H2,1-3H3,(H,21,26)(H,24,25). The maximum atomic E-state index is 12.5. The van der Waals surface area contributed by atoms with E-state index in [2.05, 4.69) is 15.4 Å². The van der Waals surface area contributed by atoms with Crippen molar-refractivity contribution in [2.45, 2.75) is 38.8 Å². The van der Waals surface area contributed by atoms with E-state index in [1.54, 1.807) is 18.1 Å². The first-order valence-corrected chi connectivity index (χ1v) is 8.56. The summed E-state index contributed by atoms with van der Waals surface area (Å²) in [6.45, 7) is 4.15. The lowest BCUT2D eigenvalue weighted by molar-refractivity contribution is -0.137. The Labute approximate surface area is 152 Å². The molecule has 8 nitrogen and oxygen atoms in total. The normalized spacial score (nSPS) is 13.0. The Kier molecular flexibility index (Phi) is 6.71. The van der Waals surface area contributed by atoms with Gasteiger partial charge in [0, 0.05) is 13.6 Å². The Hall–Kier alpha value is -2.90. The largest absolute Gasteiger partial charge is 0.481 e. The second kappa shape index (κ2) is 8.98. The molecule has 2 unspecified atom stereocenters. The average molecular weight is 359 g/mol. The van der Waals surface area contributed by atoms with Gasteiger partial charge in [0.25, 0.3) is 0 Å². The first-order chi connectivity index (χ1) is 12.4. The lowest BCUT2D eigenvalue weighted by atomic mass is 9.96. The minimum atomic E-state index is -0.933. The number of nitrogens with zero attached hydrogens (tertiary/aromatic N) is 4. The fraction of sp³-hybridized carbons (Fsp3) is 0.444. The van der Waals surface area contributed by atoms with Crippen LogP contribution in [0, 0.1) is 6.92 Å². The molecule has 2 N–H and O–H groups in total. The maximum Gasteiger partial charge on any atom is 0.317 e. The number of carboxylic acids is 1. The molecule has 8 heteroatoms. The summed E-state index contributed by atoms with van der Waals surface area (Å²) in [5.74, 6) is -0.933. The van der Waals surface area contributed by atoms with Crippen LogP contribution in [-0.2, 0) is 4.79 Å². The number of amides is 2. The van der Waals surface area contributed by atoms with Crippen LogP contribution < -0.4 is 5.32 Å². The number of carbonyl (C=O) groups excluding carboxylic acids is 1. The Bertz CT molecular complexity index is 715. The predicted molar refractivity (Wildman–Crippen MR) is 96.8 cm³/mol. The third-order valence-corrected chi connectivity index (χ3v) is 4.28. The van der Waals surface area contributed by atoms with Gasteiger partial charge in [-0.25, -0.2) is 14.5 Å². The van der Waals surface area contributed by atoms with E-state index >= 15 is 0 Å². The van der Waals surface area contributed by atoms with Crippen molar-refractivity contribution < 1.29 is 14.7 Å².